The van der Waals surface area contributed by atoms with Crippen LogP contribution in [0.15, 0.2) is 53.3 Å². The van der Waals surface area contributed by atoms with E-state index in [-0.39, 0.29) is 14.6 Å². The molecule has 3 heterocycles. The first-order valence-corrected chi connectivity index (χ1v) is 7.79. The molecular formula is C17H19N7O. The van der Waals surface area contributed by atoms with Crippen molar-refractivity contribution in [1.82, 2.24) is 29.9 Å². The van der Waals surface area contributed by atoms with Crippen molar-refractivity contribution in [2.75, 3.05) is 5.73 Å². The Bertz CT molecular complexity index is 1020. The zero-order chi connectivity index (χ0) is 17.2. The quantitative estimate of drug-likeness (QED) is 0.609. The van der Waals surface area contributed by atoms with Gasteiger partial charge in [-0.05, 0) is 19.1 Å². The predicted molar refractivity (Wildman–Crippen MR) is 96.3 cm³/mol. The highest BCUT2D eigenvalue weighted by molar-refractivity contribution is 5.68. The molecule has 0 fully saturated rings. The summed E-state index contributed by atoms with van der Waals surface area (Å²) in [5.74, 6) is 0.865. The molecule has 0 aliphatic heterocycles. The van der Waals surface area contributed by atoms with Crippen LogP contribution in [0.3, 0.4) is 0 Å². The molecular weight excluding hydrogens is 318 g/mol. The minimum atomic E-state index is 0. The van der Waals surface area contributed by atoms with Gasteiger partial charge in [0, 0.05) is 26.7 Å². The van der Waals surface area contributed by atoms with Gasteiger partial charge in [0.1, 0.15) is 0 Å². The molecule has 0 bridgehead atoms. The lowest BCUT2D eigenvalue weighted by Gasteiger charge is -2.02. The summed E-state index contributed by atoms with van der Waals surface area (Å²) < 4.78 is 7.54. The number of nitrogens with zero attached hydrogens (tertiary/aromatic N) is 6. The number of nitrogens with two attached hydrogens (primary N) is 1. The maximum atomic E-state index is 5.96. The molecule has 128 valence electrons. The summed E-state index contributed by atoms with van der Waals surface area (Å²) in [7, 11) is 0. The molecule has 0 aliphatic rings. The molecule has 0 aliphatic carbocycles. The number of hydrogen-bond acceptors (Lipinski definition) is 7. The van der Waals surface area contributed by atoms with E-state index in [1.54, 1.807) is 12.4 Å². The van der Waals surface area contributed by atoms with Crippen molar-refractivity contribution in [1.29, 1.82) is 0 Å². The normalized spacial score (nSPS) is 10.9. The maximum Gasteiger partial charge on any atom is 0.270 e. The molecule has 0 spiro atoms. The van der Waals surface area contributed by atoms with E-state index in [9.17, 15) is 0 Å². The van der Waals surface area contributed by atoms with Crippen LogP contribution in [0, 0.1) is 0 Å². The number of anilines is 1. The van der Waals surface area contributed by atoms with Crippen LogP contribution >= 0.6 is 0 Å². The van der Waals surface area contributed by atoms with Gasteiger partial charge in [0.15, 0.2) is 11.5 Å². The van der Waals surface area contributed by atoms with Crippen molar-refractivity contribution in [2.45, 2.75) is 13.5 Å². The Morgan fingerprint density at radius 3 is 2.64 bits per heavy atom. The number of aromatic nitrogens is 6. The van der Waals surface area contributed by atoms with Crippen LogP contribution < -0.4 is 5.73 Å². The molecule has 2 N–H and O–H groups in total. The van der Waals surface area contributed by atoms with Crippen LogP contribution in [0.1, 0.15) is 9.78 Å². The standard InChI is InChI=1S/C17H15N7O.2H2/c1-2-24-10-12(8-20-24)13-9-19-15(18)14(21-13)17-23-22-16(25-17)11-6-4-3-5-7-11;;/h3-10H,2H2,1H3,(H2,18,19);2*1H. The molecule has 4 aromatic rings. The second-order valence-corrected chi connectivity index (χ2v) is 5.35. The summed E-state index contributed by atoms with van der Waals surface area (Å²) in [6.07, 6.45) is 5.23. The Balaban J connectivity index is 0.00000131. The first-order chi connectivity index (χ1) is 12.2. The molecule has 0 saturated carbocycles. The predicted octanol–water partition coefficient (Wildman–Crippen LogP) is 3.15. The second kappa shape index (κ2) is 6.16. The Labute approximate surface area is 146 Å². The first-order valence-electron chi connectivity index (χ1n) is 7.79. The van der Waals surface area contributed by atoms with Crippen LogP contribution in [0.2, 0.25) is 0 Å². The van der Waals surface area contributed by atoms with Gasteiger partial charge in [0.05, 0.1) is 18.1 Å². The van der Waals surface area contributed by atoms with Gasteiger partial charge in [-0.15, -0.1) is 10.2 Å². The van der Waals surface area contributed by atoms with E-state index in [0.29, 0.717) is 17.3 Å². The zero-order valence-electron chi connectivity index (χ0n) is 13.5. The average Bonchev–Trinajstić information content (AvgIpc) is 3.32. The Kier molecular flexibility index (Phi) is 3.70. The highest BCUT2D eigenvalue weighted by Gasteiger charge is 2.17. The van der Waals surface area contributed by atoms with Crippen molar-refractivity contribution in [3.63, 3.8) is 0 Å². The minimum Gasteiger partial charge on any atom is -0.414 e. The third kappa shape index (κ3) is 2.85. The second-order valence-electron chi connectivity index (χ2n) is 5.35. The summed E-state index contributed by atoms with van der Waals surface area (Å²) in [4.78, 5) is 8.73. The van der Waals surface area contributed by atoms with Crippen molar-refractivity contribution in [2.24, 2.45) is 0 Å². The van der Waals surface area contributed by atoms with E-state index in [0.717, 1.165) is 17.7 Å². The van der Waals surface area contributed by atoms with E-state index in [2.05, 4.69) is 25.3 Å². The number of rotatable bonds is 4. The average molecular weight is 337 g/mol. The molecule has 3 aromatic heterocycles. The van der Waals surface area contributed by atoms with E-state index in [1.807, 2.05) is 48.1 Å². The smallest absolute Gasteiger partial charge is 0.270 e. The summed E-state index contributed by atoms with van der Waals surface area (Å²) in [5, 5.41) is 12.4. The van der Waals surface area contributed by atoms with Gasteiger partial charge < -0.3 is 10.2 Å². The lowest BCUT2D eigenvalue weighted by Crippen LogP contribution is -1.99. The molecule has 0 radical (unpaired) electrons. The molecule has 0 saturated heterocycles. The highest BCUT2D eigenvalue weighted by Crippen LogP contribution is 2.27. The minimum absolute atomic E-state index is 0. The van der Waals surface area contributed by atoms with E-state index in [1.165, 1.54) is 0 Å². The first kappa shape index (κ1) is 15.0. The molecule has 8 heteroatoms. The molecule has 0 amide bonds. The molecule has 0 atom stereocenters. The molecule has 0 unspecified atom stereocenters. The van der Waals surface area contributed by atoms with Crippen LogP contribution in [0.4, 0.5) is 5.82 Å². The highest BCUT2D eigenvalue weighted by atomic mass is 16.4. The third-order valence-corrected chi connectivity index (χ3v) is 3.70. The molecule has 8 nitrogen and oxygen atoms in total. The van der Waals surface area contributed by atoms with Gasteiger partial charge in [-0.2, -0.15) is 5.10 Å². The summed E-state index contributed by atoms with van der Waals surface area (Å²) in [6.45, 7) is 2.79. The van der Waals surface area contributed by atoms with Crippen LogP contribution in [-0.2, 0) is 6.54 Å². The number of aryl methyl sites for hydroxylation is 1. The fraction of sp³-hybridized carbons (Fsp3) is 0.118. The molecule has 4 rings (SSSR count). The van der Waals surface area contributed by atoms with E-state index < -0.39 is 0 Å². The van der Waals surface area contributed by atoms with Gasteiger partial charge in [-0.1, -0.05) is 18.2 Å². The van der Waals surface area contributed by atoms with E-state index in [4.69, 9.17) is 10.2 Å². The van der Waals surface area contributed by atoms with Crippen LogP contribution in [-0.4, -0.2) is 29.9 Å². The SMILES string of the molecule is CCn1cc(-c2cnc(N)c(-c3nnc(-c4ccccc4)o3)n2)cn1.[HH].[HH]. The van der Waals surface area contributed by atoms with Gasteiger partial charge in [0.2, 0.25) is 5.89 Å². The number of hydrogen-bond donors (Lipinski definition) is 1. The fourth-order valence-electron chi connectivity index (χ4n) is 2.38. The monoisotopic (exact) mass is 337 g/mol. The van der Waals surface area contributed by atoms with Gasteiger partial charge in [-0.3, -0.25) is 4.68 Å². The summed E-state index contributed by atoms with van der Waals surface area (Å²) >= 11 is 0. The summed E-state index contributed by atoms with van der Waals surface area (Å²) in [6, 6.07) is 9.51. The van der Waals surface area contributed by atoms with Gasteiger partial charge in [0.25, 0.3) is 5.89 Å². The largest absolute Gasteiger partial charge is 0.414 e. The lowest BCUT2D eigenvalue weighted by atomic mass is 10.2. The van der Waals surface area contributed by atoms with E-state index >= 15 is 0 Å². The van der Waals surface area contributed by atoms with Gasteiger partial charge >= 0.3 is 0 Å². The van der Waals surface area contributed by atoms with Crippen molar-refractivity contribution in [3.05, 3.63) is 48.9 Å². The van der Waals surface area contributed by atoms with Crippen LogP contribution in [0.5, 0.6) is 0 Å². The zero-order valence-corrected chi connectivity index (χ0v) is 13.5. The fourth-order valence-corrected chi connectivity index (χ4v) is 2.38. The van der Waals surface area contributed by atoms with Gasteiger partial charge in [-0.25, -0.2) is 9.97 Å². The molecule has 25 heavy (non-hydrogen) atoms. The third-order valence-electron chi connectivity index (χ3n) is 3.70. The maximum absolute atomic E-state index is 5.96. The molecule has 1 aromatic carbocycles. The summed E-state index contributed by atoms with van der Waals surface area (Å²) in [5.41, 5.74) is 8.63. The van der Waals surface area contributed by atoms with Crippen molar-refractivity contribution >= 4 is 5.82 Å². The number of nitrogen functional groups attached to an aromatic ring is 1. The Morgan fingerprint density at radius 2 is 1.88 bits per heavy atom. The topological polar surface area (TPSA) is 109 Å². The van der Waals surface area contributed by atoms with Crippen LogP contribution in [0.25, 0.3) is 34.3 Å². The van der Waals surface area contributed by atoms with Crippen molar-refractivity contribution < 1.29 is 7.27 Å². The lowest BCUT2D eigenvalue weighted by molar-refractivity contribution is 0.582. The Hall–Kier alpha value is -3.55. The number of benzene rings is 1. The van der Waals surface area contributed by atoms with Crippen molar-refractivity contribution in [3.8, 4) is 34.3 Å². The Morgan fingerprint density at radius 1 is 1.08 bits per heavy atom.